The first-order valence-corrected chi connectivity index (χ1v) is 4.89. The molecule has 1 saturated carbocycles. The average molecular weight is 180 g/mol. The van der Waals surface area contributed by atoms with Gasteiger partial charge in [-0.15, -0.1) is 0 Å². The second-order valence-corrected chi connectivity index (χ2v) is 3.94. The van der Waals surface area contributed by atoms with Crippen LogP contribution in [0.2, 0.25) is 0 Å². The summed E-state index contributed by atoms with van der Waals surface area (Å²) in [6.07, 6.45) is 2.90. The molecule has 3 heteroatoms. The average Bonchev–Trinajstić information content (AvgIpc) is 2.58. The van der Waals surface area contributed by atoms with E-state index in [0.717, 1.165) is 30.7 Å². The van der Waals surface area contributed by atoms with E-state index < -0.39 is 0 Å². The molecule has 72 valence electrons. The summed E-state index contributed by atoms with van der Waals surface area (Å²) in [7, 11) is 0. The normalized spacial score (nSPS) is 28.2. The van der Waals surface area contributed by atoms with E-state index in [1.807, 2.05) is 18.5 Å². The number of aliphatic hydroxyl groups is 1. The molecule has 1 N–H and O–H groups in total. The van der Waals surface area contributed by atoms with Crippen LogP contribution in [0.4, 0.5) is 0 Å². The summed E-state index contributed by atoms with van der Waals surface area (Å²) in [5.74, 6) is 0. The van der Waals surface area contributed by atoms with E-state index in [2.05, 4.69) is 11.2 Å². The molecule has 2 rings (SSSR count). The summed E-state index contributed by atoms with van der Waals surface area (Å²) >= 11 is 0. The van der Waals surface area contributed by atoms with Crippen LogP contribution in [-0.2, 0) is 0 Å². The van der Waals surface area contributed by atoms with E-state index in [1.165, 1.54) is 0 Å². The van der Waals surface area contributed by atoms with Gasteiger partial charge in [-0.1, -0.05) is 0 Å². The van der Waals surface area contributed by atoms with Crippen molar-refractivity contribution in [2.75, 3.05) is 0 Å². The molecule has 0 saturated heterocycles. The van der Waals surface area contributed by atoms with Crippen LogP contribution in [0.1, 0.15) is 36.7 Å². The van der Waals surface area contributed by atoms with Crippen molar-refractivity contribution in [3.8, 4) is 0 Å². The fourth-order valence-electron chi connectivity index (χ4n) is 2.19. The predicted molar refractivity (Wildman–Crippen MR) is 50.6 cm³/mol. The van der Waals surface area contributed by atoms with Crippen LogP contribution in [0, 0.1) is 13.8 Å². The minimum atomic E-state index is -0.196. The largest absolute Gasteiger partial charge is 0.391 e. The van der Waals surface area contributed by atoms with Crippen molar-refractivity contribution in [1.29, 1.82) is 0 Å². The van der Waals surface area contributed by atoms with E-state index >= 15 is 0 Å². The number of nitrogens with zero attached hydrogens (tertiary/aromatic N) is 2. The highest BCUT2D eigenvalue weighted by Crippen LogP contribution is 2.30. The Hall–Kier alpha value is -0.830. The fourth-order valence-corrected chi connectivity index (χ4v) is 2.19. The zero-order chi connectivity index (χ0) is 9.42. The van der Waals surface area contributed by atoms with Gasteiger partial charge in [0, 0.05) is 5.69 Å². The van der Waals surface area contributed by atoms with Gasteiger partial charge in [0.15, 0.2) is 0 Å². The van der Waals surface area contributed by atoms with Crippen molar-refractivity contribution in [1.82, 2.24) is 9.78 Å². The van der Waals surface area contributed by atoms with Gasteiger partial charge in [0.05, 0.1) is 17.8 Å². The van der Waals surface area contributed by atoms with Gasteiger partial charge in [-0.25, -0.2) is 0 Å². The maximum absolute atomic E-state index is 9.72. The van der Waals surface area contributed by atoms with Gasteiger partial charge in [-0.2, -0.15) is 5.10 Å². The predicted octanol–water partition coefficient (Wildman–Crippen LogP) is 1.59. The minimum Gasteiger partial charge on any atom is -0.391 e. The molecule has 1 aliphatic rings. The Balaban J connectivity index is 2.28. The zero-order valence-electron chi connectivity index (χ0n) is 8.20. The number of aryl methyl sites for hydroxylation is 2. The molecule has 1 aromatic heterocycles. The van der Waals surface area contributed by atoms with Crippen molar-refractivity contribution in [2.24, 2.45) is 0 Å². The number of aromatic nitrogens is 2. The van der Waals surface area contributed by atoms with Crippen LogP contribution in [0.15, 0.2) is 6.07 Å². The molecule has 13 heavy (non-hydrogen) atoms. The first-order valence-electron chi connectivity index (χ1n) is 4.89. The number of hydrogen-bond donors (Lipinski definition) is 1. The molecule has 3 nitrogen and oxygen atoms in total. The van der Waals surface area contributed by atoms with E-state index in [1.54, 1.807) is 0 Å². The van der Waals surface area contributed by atoms with E-state index in [9.17, 15) is 5.11 Å². The lowest BCUT2D eigenvalue weighted by atomic mass is 10.2. The van der Waals surface area contributed by atoms with Crippen LogP contribution in [0.25, 0.3) is 0 Å². The zero-order valence-corrected chi connectivity index (χ0v) is 8.20. The number of hydrogen-bond acceptors (Lipinski definition) is 2. The maximum atomic E-state index is 9.72. The van der Waals surface area contributed by atoms with E-state index in [4.69, 9.17) is 0 Å². The standard InChI is InChI=1S/C10H16N2O/c1-7-6-8(2)12(11-7)9-4-3-5-10(9)13/h6,9-10,13H,3-5H2,1-2H3/t9?,10-/m1/s1. The third-order valence-corrected chi connectivity index (χ3v) is 2.80. The number of aliphatic hydroxyl groups excluding tert-OH is 1. The van der Waals surface area contributed by atoms with Crippen molar-refractivity contribution in [2.45, 2.75) is 45.3 Å². The smallest absolute Gasteiger partial charge is 0.0781 e. The molecular formula is C10H16N2O. The summed E-state index contributed by atoms with van der Waals surface area (Å²) in [6.45, 7) is 4.04. The minimum absolute atomic E-state index is 0.196. The first-order chi connectivity index (χ1) is 6.18. The van der Waals surface area contributed by atoms with Gasteiger partial charge in [-0.05, 0) is 39.2 Å². The summed E-state index contributed by atoms with van der Waals surface area (Å²) in [6, 6.07) is 2.28. The summed E-state index contributed by atoms with van der Waals surface area (Å²) in [4.78, 5) is 0. The van der Waals surface area contributed by atoms with E-state index in [-0.39, 0.29) is 12.1 Å². The van der Waals surface area contributed by atoms with Gasteiger partial charge >= 0.3 is 0 Å². The highest BCUT2D eigenvalue weighted by Gasteiger charge is 2.28. The lowest BCUT2D eigenvalue weighted by molar-refractivity contribution is 0.129. The second kappa shape index (κ2) is 3.14. The molecule has 0 bridgehead atoms. The molecule has 0 spiro atoms. The van der Waals surface area contributed by atoms with Crippen molar-refractivity contribution in [3.05, 3.63) is 17.5 Å². The third kappa shape index (κ3) is 1.48. The Labute approximate surface area is 78.4 Å². The van der Waals surface area contributed by atoms with Gasteiger partial charge in [0.25, 0.3) is 0 Å². The van der Waals surface area contributed by atoms with Crippen LogP contribution in [-0.4, -0.2) is 21.0 Å². The van der Waals surface area contributed by atoms with Crippen molar-refractivity contribution < 1.29 is 5.11 Å². The first kappa shape index (κ1) is 8.75. The quantitative estimate of drug-likeness (QED) is 0.712. The molecule has 0 aromatic carbocycles. The maximum Gasteiger partial charge on any atom is 0.0781 e. The lowest BCUT2D eigenvalue weighted by Crippen LogP contribution is -2.20. The summed E-state index contributed by atoms with van der Waals surface area (Å²) in [5, 5.41) is 14.1. The summed E-state index contributed by atoms with van der Waals surface area (Å²) in [5.41, 5.74) is 2.19. The van der Waals surface area contributed by atoms with Gasteiger partial charge in [0.2, 0.25) is 0 Å². The molecule has 0 aliphatic heterocycles. The van der Waals surface area contributed by atoms with Crippen molar-refractivity contribution in [3.63, 3.8) is 0 Å². The topological polar surface area (TPSA) is 38.0 Å². The molecule has 1 fully saturated rings. The Kier molecular flexibility index (Phi) is 2.12. The molecule has 1 heterocycles. The van der Waals surface area contributed by atoms with Crippen LogP contribution in [0.3, 0.4) is 0 Å². The Bertz CT molecular complexity index is 306. The molecular weight excluding hydrogens is 164 g/mol. The van der Waals surface area contributed by atoms with Gasteiger partial charge < -0.3 is 5.11 Å². The third-order valence-electron chi connectivity index (χ3n) is 2.80. The highest BCUT2D eigenvalue weighted by atomic mass is 16.3. The van der Waals surface area contributed by atoms with Crippen LogP contribution in [0.5, 0.6) is 0 Å². The SMILES string of the molecule is Cc1cc(C)n(C2CCC[C@H]2O)n1. The molecule has 0 radical (unpaired) electrons. The highest BCUT2D eigenvalue weighted by molar-refractivity contribution is 5.08. The molecule has 2 atom stereocenters. The Morgan fingerprint density at radius 2 is 2.23 bits per heavy atom. The van der Waals surface area contributed by atoms with Gasteiger partial charge in [0.1, 0.15) is 0 Å². The van der Waals surface area contributed by atoms with Gasteiger partial charge in [-0.3, -0.25) is 4.68 Å². The summed E-state index contributed by atoms with van der Waals surface area (Å²) < 4.78 is 1.98. The molecule has 1 unspecified atom stereocenters. The van der Waals surface area contributed by atoms with Crippen LogP contribution < -0.4 is 0 Å². The second-order valence-electron chi connectivity index (χ2n) is 3.94. The fraction of sp³-hybridized carbons (Fsp3) is 0.700. The Morgan fingerprint density at radius 3 is 2.69 bits per heavy atom. The van der Waals surface area contributed by atoms with Crippen molar-refractivity contribution >= 4 is 0 Å². The number of rotatable bonds is 1. The Morgan fingerprint density at radius 1 is 1.46 bits per heavy atom. The van der Waals surface area contributed by atoms with Crippen LogP contribution >= 0.6 is 0 Å². The molecule has 1 aromatic rings. The van der Waals surface area contributed by atoms with E-state index in [0.29, 0.717) is 0 Å². The molecule has 1 aliphatic carbocycles. The monoisotopic (exact) mass is 180 g/mol. The molecule has 0 amide bonds. The lowest BCUT2D eigenvalue weighted by Gasteiger charge is -2.16.